The van der Waals surface area contributed by atoms with E-state index in [1.54, 1.807) is 6.20 Å². The van der Waals surface area contributed by atoms with Gasteiger partial charge in [-0.1, -0.05) is 39.0 Å². The van der Waals surface area contributed by atoms with E-state index in [4.69, 9.17) is 4.74 Å². The van der Waals surface area contributed by atoms with Gasteiger partial charge >= 0.3 is 0 Å². The van der Waals surface area contributed by atoms with E-state index in [1.807, 2.05) is 17.7 Å². The molecule has 134 valence electrons. The molecule has 0 bridgehead atoms. The maximum Gasteiger partial charge on any atom is 0.254 e. The summed E-state index contributed by atoms with van der Waals surface area (Å²) in [6.07, 6.45) is 12.3. The summed E-state index contributed by atoms with van der Waals surface area (Å²) < 4.78 is 8.01. The number of nitrogens with zero attached hydrogens (tertiary/aromatic N) is 2. The van der Waals surface area contributed by atoms with Crippen molar-refractivity contribution in [3.63, 3.8) is 0 Å². The highest BCUT2D eigenvalue weighted by molar-refractivity contribution is 5.93. The Morgan fingerprint density at radius 2 is 2.04 bits per heavy atom. The standard InChI is InChI=1S/C19H31N3O2/c1-14-7-6-10-17(13-14)24-15(2)19(23)21-18-11-12-20-22(18)16-8-4-3-5-9-16/h11-12,14-17H,3-10,13H2,1-2H3,(H,21,23). The number of nitrogens with one attached hydrogen (secondary N) is 1. The molecule has 2 aliphatic carbocycles. The molecule has 1 aromatic rings. The first-order valence-electron chi connectivity index (χ1n) is 9.63. The summed E-state index contributed by atoms with van der Waals surface area (Å²) in [6.45, 7) is 4.12. The number of hydrogen-bond donors (Lipinski definition) is 1. The fourth-order valence-corrected chi connectivity index (χ4v) is 4.11. The summed E-state index contributed by atoms with van der Waals surface area (Å²) in [6, 6.07) is 2.31. The molecule has 3 rings (SSSR count). The molecule has 2 fully saturated rings. The van der Waals surface area contributed by atoms with Crippen molar-refractivity contribution in [2.45, 2.75) is 89.9 Å². The van der Waals surface area contributed by atoms with Crippen LogP contribution in [0.5, 0.6) is 0 Å². The Kier molecular flexibility index (Phi) is 5.93. The van der Waals surface area contributed by atoms with Gasteiger partial charge < -0.3 is 10.1 Å². The number of carbonyl (C=O) groups is 1. The minimum absolute atomic E-state index is 0.0641. The van der Waals surface area contributed by atoms with E-state index in [0.717, 1.165) is 31.5 Å². The first kappa shape index (κ1) is 17.5. The quantitative estimate of drug-likeness (QED) is 0.873. The lowest BCUT2D eigenvalue weighted by Gasteiger charge is -2.29. The van der Waals surface area contributed by atoms with Gasteiger partial charge in [-0.3, -0.25) is 4.79 Å². The zero-order chi connectivity index (χ0) is 16.9. The Hall–Kier alpha value is -1.36. The first-order valence-corrected chi connectivity index (χ1v) is 9.63. The van der Waals surface area contributed by atoms with Gasteiger partial charge in [-0.15, -0.1) is 0 Å². The van der Waals surface area contributed by atoms with Gasteiger partial charge in [0.05, 0.1) is 18.3 Å². The summed E-state index contributed by atoms with van der Waals surface area (Å²) in [7, 11) is 0. The zero-order valence-corrected chi connectivity index (χ0v) is 15.0. The third-order valence-electron chi connectivity index (χ3n) is 5.50. The summed E-state index contributed by atoms with van der Waals surface area (Å²) in [4.78, 5) is 12.5. The molecule has 1 aromatic heterocycles. The molecule has 24 heavy (non-hydrogen) atoms. The lowest BCUT2D eigenvalue weighted by molar-refractivity contribution is -0.131. The van der Waals surface area contributed by atoms with E-state index >= 15 is 0 Å². The molecule has 1 amide bonds. The van der Waals surface area contributed by atoms with Crippen molar-refractivity contribution in [2.75, 3.05) is 5.32 Å². The fourth-order valence-electron chi connectivity index (χ4n) is 4.11. The van der Waals surface area contributed by atoms with Crippen LogP contribution in [0.4, 0.5) is 5.82 Å². The third kappa shape index (κ3) is 4.38. The van der Waals surface area contributed by atoms with Gasteiger partial charge in [0.25, 0.3) is 5.91 Å². The highest BCUT2D eigenvalue weighted by Gasteiger charge is 2.25. The molecule has 2 aliphatic rings. The van der Waals surface area contributed by atoms with Gasteiger partial charge in [-0.25, -0.2) is 4.68 Å². The predicted molar refractivity (Wildman–Crippen MR) is 94.9 cm³/mol. The predicted octanol–water partition coefficient (Wildman–Crippen LogP) is 4.31. The molecule has 0 aromatic carbocycles. The molecule has 1 N–H and O–H groups in total. The number of carbonyl (C=O) groups excluding carboxylic acids is 1. The van der Waals surface area contributed by atoms with E-state index in [2.05, 4.69) is 17.3 Å². The average molecular weight is 333 g/mol. The molecule has 3 unspecified atom stereocenters. The van der Waals surface area contributed by atoms with Crippen LogP contribution in [-0.2, 0) is 9.53 Å². The van der Waals surface area contributed by atoms with Crippen molar-refractivity contribution in [1.82, 2.24) is 9.78 Å². The molecule has 0 radical (unpaired) electrons. The van der Waals surface area contributed by atoms with E-state index < -0.39 is 6.10 Å². The Bertz CT molecular complexity index is 536. The van der Waals surface area contributed by atoms with E-state index in [-0.39, 0.29) is 12.0 Å². The van der Waals surface area contributed by atoms with Gasteiger partial charge in [-0.2, -0.15) is 5.10 Å². The summed E-state index contributed by atoms with van der Waals surface area (Å²) >= 11 is 0. The molecule has 5 nitrogen and oxygen atoms in total. The van der Waals surface area contributed by atoms with Gasteiger partial charge in [-0.05, 0) is 38.5 Å². The summed E-state index contributed by atoms with van der Waals surface area (Å²) in [5.74, 6) is 1.44. The van der Waals surface area contributed by atoms with Crippen molar-refractivity contribution in [2.24, 2.45) is 5.92 Å². The molecule has 0 aliphatic heterocycles. The van der Waals surface area contributed by atoms with Crippen LogP contribution >= 0.6 is 0 Å². The molecule has 3 atom stereocenters. The molecular formula is C19H31N3O2. The maximum atomic E-state index is 12.5. The van der Waals surface area contributed by atoms with E-state index in [1.165, 1.54) is 32.1 Å². The van der Waals surface area contributed by atoms with Crippen LogP contribution in [0.25, 0.3) is 0 Å². The van der Waals surface area contributed by atoms with Crippen LogP contribution in [-0.4, -0.2) is 27.9 Å². The second-order valence-corrected chi connectivity index (χ2v) is 7.61. The third-order valence-corrected chi connectivity index (χ3v) is 5.50. The molecule has 5 heteroatoms. The van der Waals surface area contributed by atoms with Crippen LogP contribution in [0, 0.1) is 5.92 Å². The van der Waals surface area contributed by atoms with E-state index in [0.29, 0.717) is 12.0 Å². The molecule has 0 spiro atoms. The monoisotopic (exact) mass is 333 g/mol. The van der Waals surface area contributed by atoms with Crippen LogP contribution in [0.1, 0.15) is 77.7 Å². The Morgan fingerprint density at radius 1 is 1.25 bits per heavy atom. The van der Waals surface area contributed by atoms with Crippen molar-refractivity contribution >= 4 is 11.7 Å². The highest BCUT2D eigenvalue weighted by atomic mass is 16.5. The summed E-state index contributed by atoms with van der Waals surface area (Å²) in [5.41, 5.74) is 0. The molecule has 0 saturated heterocycles. The number of hydrogen-bond acceptors (Lipinski definition) is 3. The Morgan fingerprint density at radius 3 is 2.79 bits per heavy atom. The summed E-state index contributed by atoms with van der Waals surface area (Å²) in [5, 5.41) is 7.46. The normalized spacial score (nSPS) is 26.9. The van der Waals surface area contributed by atoms with Crippen LogP contribution in [0.15, 0.2) is 12.3 Å². The minimum Gasteiger partial charge on any atom is -0.365 e. The minimum atomic E-state index is -0.421. The number of ether oxygens (including phenoxy) is 1. The second kappa shape index (κ2) is 8.15. The topological polar surface area (TPSA) is 56.1 Å². The number of aromatic nitrogens is 2. The van der Waals surface area contributed by atoms with Gasteiger partial charge in [0.1, 0.15) is 11.9 Å². The Balaban J connectivity index is 1.55. The SMILES string of the molecule is CC1CCCC(OC(C)C(=O)Nc2ccnn2C2CCCCC2)C1. The van der Waals surface area contributed by atoms with Crippen LogP contribution in [0.2, 0.25) is 0 Å². The Labute approximate surface area is 145 Å². The van der Waals surface area contributed by atoms with Crippen molar-refractivity contribution in [1.29, 1.82) is 0 Å². The zero-order valence-electron chi connectivity index (χ0n) is 15.0. The number of amides is 1. The number of rotatable bonds is 5. The maximum absolute atomic E-state index is 12.5. The van der Waals surface area contributed by atoms with Crippen molar-refractivity contribution in [3.05, 3.63) is 12.3 Å². The van der Waals surface area contributed by atoms with Crippen molar-refractivity contribution < 1.29 is 9.53 Å². The number of anilines is 1. The lowest BCUT2D eigenvalue weighted by atomic mass is 9.88. The van der Waals surface area contributed by atoms with Gasteiger partial charge in [0.2, 0.25) is 0 Å². The van der Waals surface area contributed by atoms with Crippen LogP contribution in [0.3, 0.4) is 0 Å². The average Bonchev–Trinajstić information content (AvgIpc) is 3.03. The molecular weight excluding hydrogens is 302 g/mol. The second-order valence-electron chi connectivity index (χ2n) is 7.61. The highest BCUT2D eigenvalue weighted by Crippen LogP contribution is 2.30. The largest absolute Gasteiger partial charge is 0.365 e. The first-order chi connectivity index (χ1) is 11.6. The van der Waals surface area contributed by atoms with Crippen LogP contribution < -0.4 is 5.32 Å². The van der Waals surface area contributed by atoms with Gasteiger partial charge in [0, 0.05) is 6.07 Å². The smallest absolute Gasteiger partial charge is 0.254 e. The lowest BCUT2D eigenvalue weighted by Crippen LogP contribution is -2.34. The fraction of sp³-hybridized carbons (Fsp3) is 0.789. The molecule has 2 saturated carbocycles. The molecule has 1 heterocycles. The van der Waals surface area contributed by atoms with Crippen molar-refractivity contribution in [3.8, 4) is 0 Å². The van der Waals surface area contributed by atoms with Gasteiger partial charge in [0.15, 0.2) is 0 Å². The van der Waals surface area contributed by atoms with E-state index in [9.17, 15) is 4.79 Å².